The summed E-state index contributed by atoms with van der Waals surface area (Å²) >= 11 is 0. The lowest BCUT2D eigenvalue weighted by Gasteiger charge is -2.09. The van der Waals surface area contributed by atoms with Crippen molar-refractivity contribution < 1.29 is 24.5 Å². The summed E-state index contributed by atoms with van der Waals surface area (Å²) in [4.78, 5) is 15.8. The number of carboxylic acids is 1. The summed E-state index contributed by atoms with van der Waals surface area (Å²) in [5.41, 5.74) is 0.891. The molecule has 2 aromatic heterocycles. The summed E-state index contributed by atoms with van der Waals surface area (Å²) in [7, 11) is 2.86. The third kappa shape index (κ3) is 2.90. The molecule has 0 atom stereocenters. The Labute approximate surface area is 148 Å². The highest BCUT2D eigenvalue weighted by Gasteiger charge is 2.17. The largest absolute Gasteiger partial charge is 0.504 e. The van der Waals surface area contributed by atoms with Crippen molar-refractivity contribution in [2.75, 3.05) is 14.2 Å². The zero-order valence-corrected chi connectivity index (χ0v) is 14.3. The van der Waals surface area contributed by atoms with Crippen molar-refractivity contribution >= 4 is 23.1 Å². The molecule has 0 unspecified atom stereocenters. The van der Waals surface area contributed by atoms with E-state index in [1.54, 1.807) is 23.6 Å². The van der Waals surface area contributed by atoms with Crippen LogP contribution in [0.25, 0.3) is 5.65 Å². The van der Waals surface area contributed by atoms with Crippen LogP contribution in [0.1, 0.15) is 16.1 Å². The van der Waals surface area contributed by atoms with E-state index in [-0.39, 0.29) is 22.7 Å². The second-order valence-electron chi connectivity index (χ2n) is 5.34. The molecule has 0 saturated heterocycles. The fraction of sp³-hybridized carbons (Fsp3) is 0.176. The number of aryl methyl sites for hydroxylation is 1. The van der Waals surface area contributed by atoms with Gasteiger partial charge in [-0.3, -0.25) is 4.40 Å². The van der Waals surface area contributed by atoms with Gasteiger partial charge in [0.1, 0.15) is 5.69 Å². The number of carbonyl (C=O) groups is 1. The van der Waals surface area contributed by atoms with E-state index in [0.29, 0.717) is 22.9 Å². The number of hydrogen-bond donors (Lipinski definition) is 2. The molecule has 0 aliphatic heterocycles. The summed E-state index contributed by atoms with van der Waals surface area (Å²) in [5, 5.41) is 27.5. The minimum Gasteiger partial charge on any atom is -0.504 e. The van der Waals surface area contributed by atoms with Gasteiger partial charge in [-0.1, -0.05) is 0 Å². The molecular formula is C17H16N4O5. The Kier molecular flexibility index (Phi) is 4.44. The Morgan fingerprint density at radius 2 is 1.88 bits per heavy atom. The van der Waals surface area contributed by atoms with E-state index in [9.17, 15) is 15.0 Å². The van der Waals surface area contributed by atoms with Gasteiger partial charge in [0.05, 0.1) is 25.5 Å². The molecule has 0 aliphatic carbocycles. The van der Waals surface area contributed by atoms with Gasteiger partial charge in [0.2, 0.25) is 0 Å². The Bertz CT molecular complexity index is 1030. The van der Waals surface area contributed by atoms with Crippen molar-refractivity contribution in [1.82, 2.24) is 9.38 Å². The monoisotopic (exact) mass is 356 g/mol. The smallest absolute Gasteiger partial charge is 0.338 e. The zero-order chi connectivity index (χ0) is 18.8. The van der Waals surface area contributed by atoms with Crippen LogP contribution in [0.3, 0.4) is 0 Å². The van der Waals surface area contributed by atoms with Crippen molar-refractivity contribution in [2.45, 2.75) is 6.92 Å². The molecule has 2 N–H and O–H groups in total. The maximum atomic E-state index is 11.5. The van der Waals surface area contributed by atoms with Gasteiger partial charge in [0.25, 0.3) is 0 Å². The van der Waals surface area contributed by atoms with Crippen LogP contribution in [0.15, 0.2) is 40.7 Å². The Balaban J connectivity index is 2.13. The number of nitrogens with zero attached hydrogens (tertiary/aromatic N) is 4. The molecule has 9 nitrogen and oxygen atoms in total. The quantitative estimate of drug-likeness (QED) is 0.676. The summed E-state index contributed by atoms with van der Waals surface area (Å²) in [6.07, 6.45) is 1.68. The van der Waals surface area contributed by atoms with Crippen LogP contribution in [0.5, 0.6) is 17.2 Å². The van der Waals surface area contributed by atoms with Crippen LogP contribution in [-0.2, 0) is 0 Å². The Hall–Kier alpha value is -3.62. The number of rotatable bonds is 5. The summed E-state index contributed by atoms with van der Waals surface area (Å²) in [5.74, 6) is -0.178. The lowest BCUT2D eigenvalue weighted by Crippen LogP contribution is -1.99. The van der Waals surface area contributed by atoms with E-state index in [1.807, 2.05) is 0 Å². The number of pyridine rings is 1. The first-order chi connectivity index (χ1) is 12.5. The van der Waals surface area contributed by atoms with Crippen molar-refractivity contribution in [2.24, 2.45) is 10.2 Å². The van der Waals surface area contributed by atoms with Crippen LogP contribution in [0, 0.1) is 6.92 Å². The standard InChI is InChI=1S/C17H16N4O5/c1-9-15(21-6-4-5-12(22)16(21)18-9)20-19-11-8-14(26-3)13(25-2)7-10(11)17(23)24/h4-8,22H,1-3H3,(H,23,24). The fourth-order valence-corrected chi connectivity index (χ4v) is 2.50. The van der Waals surface area contributed by atoms with E-state index in [0.717, 1.165) is 0 Å². The zero-order valence-electron chi connectivity index (χ0n) is 14.3. The molecular weight excluding hydrogens is 340 g/mol. The van der Waals surface area contributed by atoms with E-state index < -0.39 is 5.97 Å². The highest BCUT2D eigenvalue weighted by molar-refractivity contribution is 5.94. The molecule has 3 aromatic rings. The molecule has 26 heavy (non-hydrogen) atoms. The van der Waals surface area contributed by atoms with E-state index in [1.165, 1.54) is 32.4 Å². The second kappa shape index (κ2) is 6.71. The van der Waals surface area contributed by atoms with Crippen LogP contribution in [0.2, 0.25) is 0 Å². The highest BCUT2D eigenvalue weighted by atomic mass is 16.5. The fourth-order valence-electron chi connectivity index (χ4n) is 2.50. The number of azo groups is 1. The van der Waals surface area contributed by atoms with Gasteiger partial charge in [-0.25, -0.2) is 9.78 Å². The number of aromatic hydroxyl groups is 1. The van der Waals surface area contributed by atoms with Gasteiger partial charge >= 0.3 is 5.97 Å². The van der Waals surface area contributed by atoms with Gasteiger partial charge in [-0.2, -0.15) is 0 Å². The van der Waals surface area contributed by atoms with Crippen LogP contribution >= 0.6 is 0 Å². The number of carboxylic acid groups (broad SMARTS) is 1. The number of aromatic carboxylic acids is 1. The molecule has 0 spiro atoms. The highest BCUT2D eigenvalue weighted by Crippen LogP contribution is 2.36. The van der Waals surface area contributed by atoms with Crippen LogP contribution in [-0.4, -0.2) is 39.8 Å². The molecule has 0 fully saturated rings. The normalized spacial score (nSPS) is 11.2. The third-order valence-electron chi connectivity index (χ3n) is 3.76. The molecule has 0 amide bonds. The molecule has 0 aliphatic rings. The number of imidazole rings is 1. The number of hydrogen-bond acceptors (Lipinski definition) is 7. The molecule has 0 radical (unpaired) electrons. The summed E-state index contributed by atoms with van der Waals surface area (Å²) in [6.45, 7) is 1.72. The molecule has 0 bridgehead atoms. The predicted octanol–water partition coefficient (Wildman–Crippen LogP) is 3.48. The molecule has 9 heteroatoms. The molecule has 2 heterocycles. The molecule has 1 aromatic carbocycles. The number of benzene rings is 1. The first-order valence-corrected chi connectivity index (χ1v) is 7.54. The van der Waals surface area contributed by atoms with Crippen LogP contribution < -0.4 is 9.47 Å². The lowest BCUT2D eigenvalue weighted by molar-refractivity contribution is 0.0697. The van der Waals surface area contributed by atoms with Crippen molar-refractivity contribution in [3.8, 4) is 17.2 Å². The molecule has 134 valence electrons. The van der Waals surface area contributed by atoms with E-state index in [4.69, 9.17) is 9.47 Å². The lowest BCUT2D eigenvalue weighted by atomic mass is 10.1. The second-order valence-corrected chi connectivity index (χ2v) is 5.34. The topological polar surface area (TPSA) is 118 Å². The first kappa shape index (κ1) is 17.2. The predicted molar refractivity (Wildman–Crippen MR) is 92.3 cm³/mol. The maximum absolute atomic E-state index is 11.5. The average molecular weight is 356 g/mol. The van der Waals surface area contributed by atoms with Gasteiger partial charge < -0.3 is 19.7 Å². The van der Waals surface area contributed by atoms with Gasteiger partial charge in [-0.05, 0) is 19.1 Å². The van der Waals surface area contributed by atoms with Crippen molar-refractivity contribution in [1.29, 1.82) is 0 Å². The Morgan fingerprint density at radius 1 is 1.19 bits per heavy atom. The SMILES string of the molecule is COc1cc(N=Nc2c(C)nc3c(O)cccn23)c(C(=O)O)cc1OC. The van der Waals surface area contributed by atoms with E-state index in [2.05, 4.69) is 15.2 Å². The maximum Gasteiger partial charge on any atom is 0.338 e. The third-order valence-corrected chi connectivity index (χ3v) is 3.76. The van der Waals surface area contributed by atoms with E-state index >= 15 is 0 Å². The molecule has 3 rings (SSSR count). The van der Waals surface area contributed by atoms with Crippen molar-refractivity contribution in [3.63, 3.8) is 0 Å². The van der Waals surface area contributed by atoms with Gasteiger partial charge in [0, 0.05) is 18.3 Å². The Morgan fingerprint density at radius 3 is 2.54 bits per heavy atom. The number of fused-ring (bicyclic) bond motifs is 1. The summed E-state index contributed by atoms with van der Waals surface area (Å²) < 4.78 is 11.9. The van der Waals surface area contributed by atoms with Gasteiger partial charge in [-0.15, -0.1) is 10.2 Å². The van der Waals surface area contributed by atoms with Crippen molar-refractivity contribution in [3.05, 3.63) is 41.7 Å². The minimum absolute atomic E-state index is 0.00870. The average Bonchev–Trinajstić information content (AvgIpc) is 2.95. The first-order valence-electron chi connectivity index (χ1n) is 7.54. The minimum atomic E-state index is -1.17. The van der Waals surface area contributed by atoms with Gasteiger partial charge in [0.15, 0.2) is 28.7 Å². The number of aromatic nitrogens is 2. The summed E-state index contributed by atoms with van der Waals surface area (Å²) in [6, 6.07) is 5.91. The number of ether oxygens (including phenoxy) is 2. The molecule has 0 saturated carbocycles. The number of methoxy groups -OCH3 is 2. The van der Waals surface area contributed by atoms with Crippen LogP contribution in [0.4, 0.5) is 11.5 Å².